The molecule has 0 saturated heterocycles. The van der Waals surface area contributed by atoms with Gasteiger partial charge in [-0.1, -0.05) is 51.5 Å². The fourth-order valence-corrected chi connectivity index (χ4v) is 6.44. The van der Waals surface area contributed by atoms with E-state index in [-0.39, 0.29) is 17.7 Å². The molecule has 224 valence electrons. The van der Waals surface area contributed by atoms with Crippen molar-refractivity contribution in [3.8, 4) is 23.3 Å². The maximum Gasteiger partial charge on any atom is 0.338 e. The van der Waals surface area contributed by atoms with Crippen LogP contribution in [-0.4, -0.2) is 31.4 Å². The third-order valence-electron chi connectivity index (χ3n) is 6.96. The van der Waals surface area contributed by atoms with Gasteiger partial charge in [-0.2, -0.15) is 5.26 Å². The van der Waals surface area contributed by atoms with Crippen molar-refractivity contribution in [3.05, 3.63) is 118 Å². The van der Waals surface area contributed by atoms with Gasteiger partial charge in [-0.25, -0.2) is 9.79 Å². The average Bonchev–Trinajstić information content (AvgIpc) is 3.33. The number of aromatic nitrogens is 1. The number of ether oxygens (including phenoxy) is 4. The van der Waals surface area contributed by atoms with Crippen LogP contribution >= 0.6 is 27.3 Å². The van der Waals surface area contributed by atoms with Crippen molar-refractivity contribution < 1.29 is 23.7 Å². The van der Waals surface area contributed by atoms with Gasteiger partial charge in [-0.3, -0.25) is 9.36 Å². The van der Waals surface area contributed by atoms with Crippen LogP contribution in [0.4, 0.5) is 0 Å². The molecule has 44 heavy (non-hydrogen) atoms. The largest absolute Gasteiger partial charge is 0.493 e. The van der Waals surface area contributed by atoms with Gasteiger partial charge < -0.3 is 18.9 Å². The highest BCUT2D eigenvalue weighted by molar-refractivity contribution is 9.10. The van der Waals surface area contributed by atoms with Crippen LogP contribution in [0.1, 0.15) is 42.1 Å². The maximum atomic E-state index is 14.1. The number of esters is 1. The Bertz CT molecular complexity index is 1990. The van der Waals surface area contributed by atoms with Crippen LogP contribution in [0.15, 0.2) is 86.2 Å². The van der Waals surface area contributed by atoms with Crippen molar-refractivity contribution in [2.45, 2.75) is 26.5 Å². The summed E-state index contributed by atoms with van der Waals surface area (Å²) in [7, 11) is 3.06. The Hall–Kier alpha value is -4.66. The Balaban J connectivity index is 1.57. The van der Waals surface area contributed by atoms with E-state index >= 15 is 0 Å². The van der Waals surface area contributed by atoms with Gasteiger partial charge in [-0.05, 0) is 73.0 Å². The fourth-order valence-electron chi connectivity index (χ4n) is 4.85. The molecule has 0 unspecified atom stereocenters. The number of hydrogen-bond donors (Lipinski definition) is 0. The van der Waals surface area contributed by atoms with Crippen molar-refractivity contribution in [2.24, 2.45) is 4.99 Å². The molecule has 2 heterocycles. The van der Waals surface area contributed by atoms with E-state index in [1.807, 2.05) is 36.4 Å². The van der Waals surface area contributed by atoms with Crippen molar-refractivity contribution >= 4 is 39.3 Å². The molecule has 3 aromatic carbocycles. The number of benzene rings is 3. The number of halogens is 1. The second-order valence-corrected chi connectivity index (χ2v) is 11.6. The molecule has 0 bridgehead atoms. The van der Waals surface area contributed by atoms with Gasteiger partial charge in [0, 0.05) is 4.47 Å². The van der Waals surface area contributed by atoms with Crippen LogP contribution in [0.5, 0.6) is 17.2 Å². The predicted molar refractivity (Wildman–Crippen MR) is 170 cm³/mol. The number of nitriles is 1. The van der Waals surface area contributed by atoms with E-state index in [2.05, 4.69) is 27.0 Å². The number of allylic oxidation sites excluding steroid dienone is 1. The first-order valence-corrected chi connectivity index (χ1v) is 15.2. The van der Waals surface area contributed by atoms with Crippen molar-refractivity contribution in [2.75, 3.05) is 20.8 Å². The fraction of sp³-hybridized carbons (Fsp3) is 0.212. The molecule has 1 aliphatic rings. The zero-order valence-corrected chi connectivity index (χ0v) is 26.8. The van der Waals surface area contributed by atoms with Crippen molar-refractivity contribution in [1.29, 1.82) is 5.26 Å². The SMILES string of the molecule is CCOC(=O)C1=C(C)N=c2s/c(=C\c3cccc(OCc4ccc(C#N)cc4)c3)c(=O)n2[C@@H]1c1cc(OC)c(OC)cc1Br. The van der Waals surface area contributed by atoms with Gasteiger partial charge in [0.15, 0.2) is 16.3 Å². The Morgan fingerprint density at radius 2 is 1.84 bits per heavy atom. The van der Waals surface area contributed by atoms with Crippen LogP contribution in [0.3, 0.4) is 0 Å². The van der Waals surface area contributed by atoms with Crippen LogP contribution in [0, 0.1) is 11.3 Å². The second kappa shape index (κ2) is 13.3. The first kappa shape index (κ1) is 30.8. The number of hydrogen-bond acceptors (Lipinski definition) is 9. The average molecular weight is 675 g/mol. The van der Waals surface area contributed by atoms with E-state index in [0.29, 0.717) is 54.5 Å². The van der Waals surface area contributed by atoms with Gasteiger partial charge in [-0.15, -0.1) is 0 Å². The molecule has 0 aliphatic carbocycles. The number of methoxy groups -OCH3 is 2. The first-order valence-electron chi connectivity index (χ1n) is 13.6. The smallest absolute Gasteiger partial charge is 0.338 e. The summed E-state index contributed by atoms with van der Waals surface area (Å²) in [5.74, 6) is 1.02. The molecule has 0 N–H and O–H groups in total. The molecule has 0 amide bonds. The number of carbonyl (C=O) groups is 1. The lowest BCUT2D eigenvalue weighted by Crippen LogP contribution is -2.40. The van der Waals surface area contributed by atoms with Crippen molar-refractivity contribution in [1.82, 2.24) is 4.57 Å². The minimum absolute atomic E-state index is 0.170. The highest BCUT2D eigenvalue weighted by Crippen LogP contribution is 2.40. The van der Waals surface area contributed by atoms with E-state index in [1.165, 1.54) is 30.1 Å². The van der Waals surface area contributed by atoms with E-state index in [9.17, 15) is 9.59 Å². The second-order valence-electron chi connectivity index (χ2n) is 9.70. The topological polar surface area (TPSA) is 112 Å². The Labute approximate surface area is 266 Å². The monoisotopic (exact) mass is 673 g/mol. The lowest BCUT2D eigenvalue weighted by Gasteiger charge is -2.26. The molecule has 0 fully saturated rings. The standard InChI is InChI=1S/C33H28BrN3O6S/c1-5-42-32(39)29-19(2)36-33-37(30(29)24-15-26(40-3)27(41-4)16-25(24)34)31(38)28(44-33)14-22-7-6-8-23(13-22)43-18-21-11-9-20(17-35)10-12-21/h6-16,30H,5,18H2,1-4H3/b28-14-/t30-/m1/s1. The lowest BCUT2D eigenvalue weighted by atomic mass is 9.95. The summed E-state index contributed by atoms with van der Waals surface area (Å²) in [5.41, 5.74) is 3.31. The molecule has 4 aromatic rings. The van der Waals surface area contributed by atoms with Crippen LogP contribution in [-0.2, 0) is 16.1 Å². The van der Waals surface area contributed by atoms with Gasteiger partial charge in [0.1, 0.15) is 12.4 Å². The zero-order chi connectivity index (χ0) is 31.4. The Kier molecular flexibility index (Phi) is 9.32. The molecule has 0 saturated carbocycles. The van der Waals surface area contributed by atoms with Crippen molar-refractivity contribution in [3.63, 3.8) is 0 Å². The van der Waals surface area contributed by atoms with Crippen LogP contribution in [0.25, 0.3) is 6.08 Å². The molecule has 5 rings (SSSR count). The lowest BCUT2D eigenvalue weighted by molar-refractivity contribution is -0.139. The molecule has 11 heteroatoms. The molecule has 0 spiro atoms. The maximum absolute atomic E-state index is 14.1. The molecule has 9 nitrogen and oxygen atoms in total. The number of nitrogens with zero attached hydrogens (tertiary/aromatic N) is 3. The zero-order valence-electron chi connectivity index (χ0n) is 24.4. The number of fused-ring (bicyclic) bond motifs is 1. The number of rotatable bonds is 9. The van der Waals surface area contributed by atoms with Gasteiger partial charge in [0.2, 0.25) is 0 Å². The normalized spacial score (nSPS) is 14.4. The number of carbonyl (C=O) groups excluding carboxylic acids is 1. The number of thiazole rings is 1. The summed E-state index contributed by atoms with van der Waals surface area (Å²) >= 11 is 4.85. The minimum Gasteiger partial charge on any atom is -0.493 e. The van der Waals surface area contributed by atoms with Crippen LogP contribution < -0.4 is 29.1 Å². The summed E-state index contributed by atoms with van der Waals surface area (Å²) in [6.07, 6.45) is 1.78. The van der Waals surface area contributed by atoms with Gasteiger partial charge >= 0.3 is 5.97 Å². The van der Waals surface area contributed by atoms with Gasteiger partial charge in [0.25, 0.3) is 5.56 Å². The first-order chi connectivity index (χ1) is 21.3. The summed E-state index contributed by atoms with van der Waals surface area (Å²) in [4.78, 5) is 32.4. The summed E-state index contributed by atoms with van der Waals surface area (Å²) in [5, 5.41) is 9.01. The molecular weight excluding hydrogens is 646 g/mol. The third-order valence-corrected chi connectivity index (χ3v) is 8.63. The van der Waals surface area contributed by atoms with Gasteiger partial charge in [0.05, 0.1) is 54.3 Å². The predicted octanol–water partition coefficient (Wildman–Crippen LogP) is 5.03. The third kappa shape index (κ3) is 6.18. The molecule has 1 atom stereocenters. The quantitative estimate of drug-likeness (QED) is 0.229. The van der Waals surface area contributed by atoms with E-state index in [4.69, 9.17) is 24.2 Å². The molecular formula is C33H28BrN3O6S. The molecule has 1 aromatic heterocycles. The Morgan fingerprint density at radius 3 is 2.52 bits per heavy atom. The molecule has 0 radical (unpaired) electrons. The van der Waals surface area contributed by atoms with E-state index in [1.54, 1.807) is 44.2 Å². The van der Waals surface area contributed by atoms with E-state index < -0.39 is 12.0 Å². The summed E-state index contributed by atoms with van der Waals surface area (Å²) < 4.78 is 25.0. The highest BCUT2D eigenvalue weighted by atomic mass is 79.9. The Morgan fingerprint density at radius 1 is 1.11 bits per heavy atom. The summed E-state index contributed by atoms with van der Waals surface area (Å²) in [6, 6.07) is 19.4. The summed E-state index contributed by atoms with van der Waals surface area (Å²) in [6.45, 7) is 3.96. The molecule has 1 aliphatic heterocycles. The van der Waals surface area contributed by atoms with E-state index in [0.717, 1.165) is 11.1 Å². The highest BCUT2D eigenvalue weighted by Gasteiger charge is 2.35. The van der Waals surface area contributed by atoms with Crippen LogP contribution in [0.2, 0.25) is 0 Å². The minimum atomic E-state index is -0.830.